The summed E-state index contributed by atoms with van der Waals surface area (Å²) in [5, 5.41) is 61.3. The minimum absolute atomic E-state index is 0.00417. The van der Waals surface area contributed by atoms with Crippen LogP contribution in [-0.4, -0.2) is 158 Å². The second-order valence-electron chi connectivity index (χ2n) is 20.1. The standard InChI is InChI=1S/C56H71ClN12O14S2/c1-29(70)47-56(83)68-45(54(81)64-41(48(61)75)23-32-9-17-36(71)18-10-32)28-85-84-27-44(67-50(77)38(59)22-30-5-13-34(57)14-6-30)55(82)66-43(25-33-11-19-37(72)20-12-33)53(80)65-42(52(79)63-40(51(78)69-47)4-2-3-21-58)24-31-7-15-35(16-8-31)62-49(76)39(60)26-46(73)74/h5-20,29,38-45,47,70-72H,2-4,21-28,58-60H2,1H3,(H2,61,75)(H,62,76)(H,63,79)(H,64,81)(H,65,80)(H,66,82)(H,67,77)(H,68,83)(H,69,78)(H,73,74)/t29-,38+,39+,40+,41-,42-,43+,44-,45+,47+/m1/s1. The molecule has 5 rings (SSSR count). The molecule has 0 radical (unpaired) electrons. The third kappa shape index (κ3) is 22.5. The van der Waals surface area contributed by atoms with Crippen molar-refractivity contribution in [2.45, 2.75) is 119 Å². The first-order valence-electron chi connectivity index (χ1n) is 26.9. The van der Waals surface area contributed by atoms with Crippen LogP contribution >= 0.6 is 33.2 Å². The van der Waals surface area contributed by atoms with Gasteiger partial charge in [-0.05, 0) is 110 Å². The number of nitrogens with two attached hydrogens (primary N) is 4. The zero-order valence-corrected chi connectivity index (χ0v) is 48.6. The number of carboxylic acid groups (broad SMARTS) is 1. The van der Waals surface area contributed by atoms with Crippen molar-refractivity contribution >= 4 is 98.0 Å². The zero-order valence-electron chi connectivity index (χ0n) is 46.2. The number of anilines is 1. The number of rotatable bonds is 22. The van der Waals surface area contributed by atoms with Crippen LogP contribution in [0.3, 0.4) is 0 Å². The Hall–Kier alpha value is -7.99. The van der Waals surface area contributed by atoms with Crippen molar-refractivity contribution in [1.29, 1.82) is 0 Å². The fraction of sp³-hybridized carbons (Fsp3) is 0.393. The number of phenols is 2. The number of carbonyl (C=O) groups excluding carboxylic acids is 9. The molecular formula is C56H71ClN12O14S2. The predicted octanol–water partition coefficient (Wildman–Crippen LogP) is -1.13. The number of phenolic OH excluding ortho intramolecular Hbond substituents is 2. The van der Waals surface area contributed by atoms with Crippen molar-refractivity contribution < 1.29 is 68.4 Å². The number of amides is 9. The van der Waals surface area contributed by atoms with Crippen molar-refractivity contribution in [1.82, 2.24) is 37.2 Å². The van der Waals surface area contributed by atoms with E-state index in [9.17, 15) is 63.3 Å². The van der Waals surface area contributed by atoms with Crippen LogP contribution in [0.2, 0.25) is 5.02 Å². The molecule has 458 valence electrons. The summed E-state index contributed by atoms with van der Waals surface area (Å²) >= 11 is 6.08. The molecule has 20 N–H and O–H groups in total. The Bertz CT molecular complexity index is 2970. The van der Waals surface area contributed by atoms with Crippen LogP contribution < -0.4 is 65.5 Å². The highest BCUT2D eigenvalue weighted by Gasteiger charge is 2.37. The van der Waals surface area contributed by atoms with E-state index in [-0.39, 0.29) is 73.8 Å². The summed E-state index contributed by atoms with van der Waals surface area (Å²) in [5.41, 5.74) is 25.8. The second-order valence-corrected chi connectivity index (χ2v) is 23.1. The first kappa shape index (κ1) is 67.8. The number of aliphatic hydroxyl groups excluding tert-OH is 1. The SMILES string of the molecule is C[C@@H](O)[C@@H]1NC(=O)[C@H](CCCCN)NC(=O)[C@@H](Cc2ccc(NC(=O)[C@@H](N)CC(=O)O)cc2)NC(=O)[C@H](Cc2ccc(O)cc2)NC(=O)[C@H](NC(=O)[C@@H](N)Cc2ccc(Cl)cc2)CSSC[C@@H](C(=O)N[C@H](Cc2ccc(O)cc2)C(N)=O)NC1=O. The summed E-state index contributed by atoms with van der Waals surface area (Å²) in [7, 11) is 1.86. The molecule has 10 atom stereocenters. The van der Waals surface area contributed by atoms with E-state index in [1.165, 1.54) is 79.7 Å². The Morgan fingerprint density at radius 1 is 0.635 bits per heavy atom. The van der Waals surface area contributed by atoms with Gasteiger partial charge in [-0.1, -0.05) is 81.7 Å². The van der Waals surface area contributed by atoms with Gasteiger partial charge in [-0.25, -0.2) is 0 Å². The van der Waals surface area contributed by atoms with Gasteiger partial charge in [-0.2, -0.15) is 0 Å². The average Bonchev–Trinajstić information content (AvgIpc) is 3.67. The van der Waals surface area contributed by atoms with Gasteiger partial charge in [-0.3, -0.25) is 47.9 Å². The van der Waals surface area contributed by atoms with Gasteiger partial charge in [0.2, 0.25) is 53.2 Å². The highest BCUT2D eigenvalue weighted by Crippen LogP contribution is 2.25. The summed E-state index contributed by atoms with van der Waals surface area (Å²) in [4.78, 5) is 138. The Labute approximate surface area is 502 Å². The van der Waals surface area contributed by atoms with E-state index in [2.05, 4.69) is 42.5 Å². The zero-order chi connectivity index (χ0) is 62.3. The molecular weight excluding hydrogens is 1160 g/mol. The van der Waals surface area contributed by atoms with Gasteiger partial charge in [0, 0.05) is 41.5 Å². The summed E-state index contributed by atoms with van der Waals surface area (Å²) in [6, 6.07) is 10.4. The Kier molecular flexibility index (Phi) is 26.7. The molecule has 26 nitrogen and oxygen atoms in total. The molecule has 1 heterocycles. The maximum Gasteiger partial charge on any atom is 0.305 e. The van der Waals surface area contributed by atoms with Crippen LogP contribution in [-0.2, 0) is 73.6 Å². The van der Waals surface area contributed by atoms with Crippen molar-refractivity contribution in [3.8, 4) is 11.5 Å². The number of benzene rings is 4. The average molecular weight is 1240 g/mol. The van der Waals surface area contributed by atoms with Crippen LogP contribution in [0, 0.1) is 0 Å². The van der Waals surface area contributed by atoms with Crippen LogP contribution in [0.5, 0.6) is 11.5 Å². The number of nitrogens with one attached hydrogen (secondary N) is 8. The Balaban J connectivity index is 1.58. The molecule has 0 aliphatic carbocycles. The number of halogens is 1. The summed E-state index contributed by atoms with van der Waals surface area (Å²) in [5.74, 6) is -10.5. The topological polar surface area (TPSA) is 452 Å². The molecule has 0 spiro atoms. The fourth-order valence-corrected chi connectivity index (χ4v) is 10.9. The third-order valence-electron chi connectivity index (χ3n) is 13.2. The Morgan fingerprint density at radius 3 is 1.69 bits per heavy atom. The minimum Gasteiger partial charge on any atom is -0.508 e. The van der Waals surface area contributed by atoms with Gasteiger partial charge >= 0.3 is 5.97 Å². The van der Waals surface area contributed by atoms with Crippen molar-refractivity contribution in [3.63, 3.8) is 0 Å². The van der Waals surface area contributed by atoms with E-state index in [1.807, 2.05) is 0 Å². The van der Waals surface area contributed by atoms with Gasteiger partial charge in [0.1, 0.15) is 53.8 Å². The largest absolute Gasteiger partial charge is 0.508 e. The second kappa shape index (κ2) is 33.5. The van der Waals surface area contributed by atoms with E-state index >= 15 is 0 Å². The third-order valence-corrected chi connectivity index (χ3v) is 15.9. The number of aromatic hydroxyl groups is 2. The monoisotopic (exact) mass is 1230 g/mol. The summed E-state index contributed by atoms with van der Waals surface area (Å²) < 4.78 is 0. The number of unbranched alkanes of at least 4 members (excludes halogenated alkanes) is 1. The van der Waals surface area contributed by atoms with Crippen LogP contribution in [0.4, 0.5) is 5.69 Å². The summed E-state index contributed by atoms with van der Waals surface area (Å²) in [6.45, 7) is 1.37. The number of hydrogen-bond donors (Lipinski definition) is 16. The van der Waals surface area contributed by atoms with Crippen molar-refractivity contribution in [2.24, 2.45) is 22.9 Å². The van der Waals surface area contributed by atoms with Crippen LogP contribution in [0.15, 0.2) is 97.1 Å². The minimum atomic E-state index is -1.79. The summed E-state index contributed by atoms with van der Waals surface area (Å²) in [6.07, 6.45) is -2.49. The molecule has 4 aromatic rings. The normalized spacial score (nSPS) is 20.7. The van der Waals surface area contributed by atoms with Crippen molar-refractivity contribution in [2.75, 3.05) is 23.4 Å². The molecule has 0 bridgehead atoms. The van der Waals surface area contributed by atoms with Gasteiger partial charge < -0.3 is 85.9 Å². The molecule has 1 aliphatic heterocycles. The van der Waals surface area contributed by atoms with Crippen LogP contribution in [0.25, 0.3) is 0 Å². The lowest BCUT2D eigenvalue weighted by atomic mass is 10.0. The molecule has 1 fully saturated rings. The quantitative estimate of drug-likeness (QED) is 0.0327. The van der Waals surface area contributed by atoms with Gasteiger partial charge in [0.25, 0.3) is 0 Å². The first-order chi connectivity index (χ1) is 40.4. The van der Waals surface area contributed by atoms with Gasteiger partial charge in [0.15, 0.2) is 0 Å². The first-order valence-corrected chi connectivity index (χ1v) is 29.7. The number of aliphatic hydroxyl groups is 1. The van der Waals surface area contributed by atoms with E-state index in [4.69, 9.17) is 39.6 Å². The molecule has 0 aromatic heterocycles. The lowest BCUT2D eigenvalue weighted by molar-refractivity contribution is -0.139. The molecule has 0 saturated carbocycles. The van der Waals surface area contributed by atoms with Crippen molar-refractivity contribution in [3.05, 3.63) is 124 Å². The number of carbonyl (C=O) groups is 10. The lowest BCUT2D eigenvalue weighted by Crippen LogP contribution is -2.62. The molecule has 1 saturated heterocycles. The number of carboxylic acids is 1. The molecule has 9 amide bonds. The molecule has 1 aliphatic rings. The lowest BCUT2D eigenvalue weighted by Gasteiger charge is -2.29. The number of hydrogen-bond acceptors (Lipinski definition) is 18. The molecule has 0 unspecified atom stereocenters. The predicted molar refractivity (Wildman–Crippen MR) is 318 cm³/mol. The van der Waals surface area contributed by atoms with E-state index < -0.39 is 126 Å². The van der Waals surface area contributed by atoms with Gasteiger partial charge in [-0.15, -0.1) is 0 Å². The molecule has 4 aromatic carbocycles. The smallest absolute Gasteiger partial charge is 0.305 e. The number of primary amides is 1. The fourth-order valence-electron chi connectivity index (χ4n) is 8.47. The van der Waals surface area contributed by atoms with E-state index in [0.717, 1.165) is 21.6 Å². The maximum absolute atomic E-state index is 14.9. The highest BCUT2D eigenvalue weighted by molar-refractivity contribution is 8.76. The Morgan fingerprint density at radius 2 is 1.14 bits per heavy atom. The molecule has 85 heavy (non-hydrogen) atoms. The van der Waals surface area contributed by atoms with Crippen LogP contribution in [0.1, 0.15) is 54.9 Å². The van der Waals surface area contributed by atoms with Gasteiger partial charge in [0.05, 0.1) is 24.6 Å². The maximum atomic E-state index is 14.9. The molecule has 29 heteroatoms. The van der Waals surface area contributed by atoms with E-state index in [1.54, 1.807) is 24.3 Å². The highest BCUT2D eigenvalue weighted by atomic mass is 35.5. The number of aliphatic carboxylic acids is 1. The van der Waals surface area contributed by atoms with E-state index in [0.29, 0.717) is 33.7 Å².